The maximum atomic E-state index is 12.2. The molecule has 108 valence electrons. The third kappa shape index (κ3) is 2.90. The molecule has 0 saturated carbocycles. The Morgan fingerprint density at radius 3 is 2.57 bits per heavy atom. The maximum absolute atomic E-state index is 12.2. The number of aliphatic hydroxyl groups excluding tert-OH is 1. The Morgan fingerprint density at radius 2 is 1.86 bits per heavy atom. The molecule has 0 atom stereocenters. The van der Waals surface area contributed by atoms with Crippen LogP contribution < -0.4 is 4.74 Å². The summed E-state index contributed by atoms with van der Waals surface area (Å²) in [6.45, 7) is 1.70. The van der Waals surface area contributed by atoms with Crippen LogP contribution in [-0.2, 0) is 13.2 Å². The van der Waals surface area contributed by atoms with Gasteiger partial charge in [-0.05, 0) is 29.3 Å². The summed E-state index contributed by atoms with van der Waals surface area (Å²) >= 11 is 0. The first-order chi connectivity index (χ1) is 10.3. The van der Waals surface area contributed by atoms with Gasteiger partial charge in [0.2, 0.25) is 0 Å². The van der Waals surface area contributed by atoms with Crippen LogP contribution in [0.5, 0.6) is 5.75 Å². The number of carbonyl (C=O) groups excluding carboxylic acids is 1. The number of rotatable bonds is 5. The van der Waals surface area contributed by atoms with Crippen molar-refractivity contribution in [3.8, 4) is 5.75 Å². The van der Waals surface area contributed by atoms with Gasteiger partial charge in [0, 0.05) is 12.1 Å². The van der Waals surface area contributed by atoms with Crippen LogP contribution >= 0.6 is 0 Å². The molecule has 2 aromatic carbocycles. The van der Waals surface area contributed by atoms with E-state index in [0.717, 1.165) is 22.4 Å². The molecule has 0 bridgehead atoms. The van der Waals surface area contributed by atoms with E-state index in [9.17, 15) is 4.79 Å². The summed E-state index contributed by atoms with van der Waals surface area (Å²) < 4.78 is 5.64. The first-order valence-electron chi connectivity index (χ1n) is 6.98. The van der Waals surface area contributed by atoms with Crippen molar-refractivity contribution in [2.45, 2.75) is 13.2 Å². The van der Waals surface area contributed by atoms with Gasteiger partial charge in [-0.3, -0.25) is 4.79 Å². The fourth-order valence-corrected chi connectivity index (χ4v) is 2.46. The van der Waals surface area contributed by atoms with Crippen molar-refractivity contribution in [2.24, 2.45) is 0 Å². The Labute approximate surface area is 123 Å². The molecule has 1 heterocycles. The largest absolute Gasteiger partial charge is 0.492 e. The van der Waals surface area contributed by atoms with Crippen molar-refractivity contribution in [1.29, 1.82) is 0 Å². The van der Waals surface area contributed by atoms with Crippen LogP contribution in [0.4, 0.5) is 0 Å². The van der Waals surface area contributed by atoms with Crippen molar-refractivity contribution in [3.05, 3.63) is 65.2 Å². The van der Waals surface area contributed by atoms with E-state index in [1.54, 1.807) is 4.90 Å². The van der Waals surface area contributed by atoms with Gasteiger partial charge in [0.25, 0.3) is 5.91 Å². The third-order valence-electron chi connectivity index (χ3n) is 3.63. The summed E-state index contributed by atoms with van der Waals surface area (Å²) in [4.78, 5) is 14.0. The standard InChI is InChI=1S/C17H17NO3/c19-12-13-5-7-15(8-6-13)21-10-9-18-11-14-3-1-2-4-16(14)17(18)20/h1-8,19H,9-12H2. The number of benzene rings is 2. The van der Waals surface area contributed by atoms with Gasteiger partial charge in [-0.15, -0.1) is 0 Å². The Hall–Kier alpha value is -2.33. The SMILES string of the molecule is O=C1c2ccccc2CN1CCOc1ccc(CO)cc1. The van der Waals surface area contributed by atoms with E-state index in [1.165, 1.54) is 0 Å². The number of nitrogens with zero attached hydrogens (tertiary/aromatic N) is 1. The van der Waals surface area contributed by atoms with E-state index in [-0.39, 0.29) is 12.5 Å². The number of hydrogen-bond acceptors (Lipinski definition) is 3. The second-order valence-corrected chi connectivity index (χ2v) is 5.03. The summed E-state index contributed by atoms with van der Waals surface area (Å²) in [5, 5.41) is 8.98. The lowest BCUT2D eigenvalue weighted by Crippen LogP contribution is -2.28. The van der Waals surface area contributed by atoms with E-state index in [1.807, 2.05) is 48.5 Å². The van der Waals surface area contributed by atoms with Gasteiger partial charge >= 0.3 is 0 Å². The second kappa shape index (κ2) is 5.97. The number of fused-ring (bicyclic) bond motifs is 1. The van der Waals surface area contributed by atoms with Gasteiger partial charge in [-0.25, -0.2) is 0 Å². The molecule has 21 heavy (non-hydrogen) atoms. The van der Waals surface area contributed by atoms with E-state index in [2.05, 4.69) is 0 Å². The third-order valence-corrected chi connectivity index (χ3v) is 3.63. The van der Waals surface area contributed by atoms with Gasteiger partial charge in [0.1, 0.15) is 12.4 Å². The topological polar surface area (TPSA) is 49.8 Å². The fraction of sp³-hybridized carbons (Fsp3) is 0.235. The van der Waals surface area contributed by atoms with Gasteiger partial charge < -0.3 is 14.7 Å². The van der Waals surface area contributed by atoms with Crippen LogP contribution in [0.3, 0.4) is 0 Å². The fourth-order valence-electron chi connectivity index (χ4n) is 2.46. The normalized spacial score (nSPS) is 13.4. The average Bonchev–Trinajstić information content (AvgIpc) is 2.85. The Kier molecular flexibility index (Phi) is 3.88. The highest BCUT2D eigenvalue weighted by atomic mass is 16.5. The zero-order valence-corrected chi connectivity index (χ0v) is 11.7. The molecule has 0 aliphatic carbocycles. The van der Waals surface area contributed by atoms with Crippen molar-refractivity contribution >= 4 is 5.91 Å². The summed E-state index contributed by atoms with van der Waals surface area (Å²) in [7, 11) is 0. The monoisotopic (exact) mass is 283 g/mol. The molecule has 4 heteroatoms. The van der Waals surface area contributed by atoms with Gasteiger partial charge in [-0.1, -0.05) is 30.3 Å². The van der Waals surface area contributed by atoms with Crippen molar-refractivity contribution in [1.82, 2.24) is 4.90 Å². The molecular formula is C17H17NO3. The molecule has 0 unspecified atom stereocenters. The zero-order chi connectivity index (χ0) is 14.7. The number of hydrogen-bond donors (Lipinski definition) is 1. The first kappa shape index (κ1) is 13.6. The van der Waals surface area contributed by atoms with E-state index < -0.39 is 0 Å². The van der Waals surface area contributed by atoms with Crippen LogP contribution in [0.1, 0.15) is 21.5 Å². The van der Waals surface area contributed by atoms with E-state index in [0.29, 0.717) is 19.7 Å². The Bertz CT molecular complexity index is 637. The summed E-state index contributed by atoms with van der Waals surface area (Å²) in [6.07, 6.45) is 0. The predicted molar refractivity (Wildman–Crippen MR) is 79.0 cm³/mol. The number of ether oxygens (including phenoxy) is 1. The molecule has 4 nitrogen and oxygen atoms in total. The minimum atomic E-state index is 0.0286. The van der Waals surface area contributed by atoms with Crippen LogP contribution in [0.25, 0.3) is 0 Å². The molecule has 0 saturated heterocycles. The maximum Gasteiger partial charge on any atom is 0.254 e. The second-order valence-electron chi connectivity index (χ2n) is 5.03. The summed E-state index contributed by atoms with van der Waals surface area (Å²) in [6, 6.07) is 15.0. The van der Waals surface area contributed by atoms with Crippen LogP contribution in [-0.4, -0.2) is 29.1 Å². The molecule has 0 fully saturated rings. The molecule has 3 rings (SSSR count). The minimum absolute atomic E-state index is 0.0286. The number of aliphatic hydroxyl groups is 1. The lowest BCUT2D eigenvalue weighted by molar-refractivity contribution is 0.0753. The number of carbonyl (C=O) groups is 1. The highest BCUT2D eigenvalue weighted by Crippen LogP contribution is 2.22. The van der Waals surface area contributed by atoms with Crippen LogP contribution in [0.2, 0.25) is 0 Å². The highest BCUT2D eigenvalue weighted by Gasteiger charge is 2.26. The summed E-state index contributed by atoms with van der Waals surface area (Å²) in [5.41, 5.74) is 2.73. The molecule has 1 amide bonds. The molecule has 0 radical (unpaired) electrons. The van der Waals surface area contributed by atoms with Crippen LogP contribution in [0.15, 0.2) is 48.5 Å². The average molecular weight is 283 g/mol. The summed E-state index contributed by atoms with van der Waals surface area (Å²) in [5.74, 6) is 0.821. The van der Waals surface area contributed by atoms with Gasteiger partial charge in [-0.2, -0.15) is 0 Å². The zero-order valence-electron chi connectivity index (χ0n) is 11.7. The Balaban J connectivity index is 1.53. The molecule has 2 aromatic rings. The predicted octanol–water partition coefficient (Wildman–Crippen LogP) is 2.21. The highest BCUT2D eigenvalue weighted by molar-refractivity contribution is 5.98. The van der Waals surface area contributed by atoms with Crippen molar-refractivity contribution in [2.75, 3.05) is 13.2 Å². The van der Waals surface area contributed by atoms with Crippen molar-refractivity contribution in [3.63, 3.8) is 0 Å². The van der Waals surface area contributed by atoms with E-state index >= 15 is 0 Å². The first-order valence-corrected chi connectivity index (χ1v) is 6.98. The molecular weight excluding hydrogens is 266 g/mol. The molecule has 1 aliphatic rings. The van der Waals surface area contributed by atoms with Gasteiger partial charge in [0.05, 0.1) is 13.2 Å². The lowest BCUT2D eigenvalue weighted by atomic mass is 10.1. The molecule has 1 N–H and O–H groups in total. The molecule has 0 aromatic heterocycles. The van der Waals surface area contributed by atoms with Crippen LogP contribution in [0, 0.1) is 0 Å². The number of amides is 1. The van der Waals surface area contributed by atoms with Gasteiger partial charge in [0.15, 0.2) is 0 Å². The lowest BCUT2D eigenvalue weighted by Gasteiger charge is -2.16. The van der Waals surface area contributed by atoms with Crippen molar-refractivity contribution < 1.29 is 14.6 Å². The molecule has 0 spiro atoms. The minimum Gasteiger partial charge on any atom is -0.492 e. The Morgan fingerprint density at radius 1 is 1.10 bits per heavy atom. The molecule has 1 aliphatic heterocycles. The van der Waals surface area contributed by atoms with E-state index in [4.69, 9.17) is 9.84 Å². The smallest absolute Gasteiger partial charge is 0.254 e. The quantitative estimate of drug-likeness (QED) is 0.915.